The summed E-state index contributed by atoms with van der Waals surface area (Å²) in [5, 5.41) is 3.47. The number of benzene rings is 2. The second-order valence-electron chi connectivity index (χ2n) is 8.39. The highest BCUT2D eigenvalue weighted by Gasteiger charge is 2.49. The van der Waals surface area contributed by atoms with Crippen molar-refractivity contribution in [2.75, 3.05) is 11.9 Å². The van der Waals surface area contributed by atoms with Gasteiger partial charge in [0.25, 0.3) is 5.91 Å². The topological polar surface area (TPSA) is 61.8 Å². The molecule has 0 atom stereocenters. The Hall–Kier alpha value is -2.66. The molecule has 4 rings (SSSR count). The fourth-order valence-corrected chi connectivity index (χ4v) is 4.48. The van der Waals surface area contributed by atoms with Gasteiger partial charge in [-0.25, -0.2) is 0 Å². The molecule has 1 aliphatic carbocycles. The molecular formula is C24H26ClN3O2. The van der Waals surface area contributed by atoms with E-state index in [2.05, 4.69) is 12.2 Å². The molecule has 30 heavy (non-hydrogen) atoms. The normalized spacial score (nSPS) is 23.6. The van der Waals surface area contributed by atoms with Crippen molar-refractivity contribution in [2.24, 2.45) is 10.9 Å². The predicted molar refractivity (Wildman–Crippen MR) is 120 cm³/mol. The number of nitrogens with zero attached hydrogens (tertiary/aromatic N) is 2. The molecule has 0 bridgehead atoms. The van der Waals surface area contributed by atoms with E-state index in [1.165, 1.54) is 0 Å². The second kappa shape index (κ2) is 8.23. The maximum Gasteiger partial charge on any atom is 0.275 e. The monoisotopic (exact) mass is 423 g/mol. The highest BCUT2D eigenvalue weighted by molar-refractivity contribution is 6.47. The van der Waals surface area contributed by atoms with Crippen molar-refractivity contribution < 1.29 is 9.59 Å². The van der Waals surface area contributed by atoms with Gasteiger partial charge in [-0.1, -0.05) is 54.9 Å². The molecule has 0 unspecified atom stereocenters. The first-order valence-corrected chi connectivity index (χ1v) is 10.8. The third-order valence-corrected chi connectivity index (χ3v) is 6.40. The molecule has 156 valence electrons. The Morgan fingerprint density at radius 3 is 2.60 bits per heavy atom. The fraction of sp³-hybridized carbons (Fsp3) is 0.375. The Bertz CT molecular complexity index is 995. The number of nitrogens with one attached hydrogen (secondary N) is 1. The van der Waals surface area contributed by atoms with Gasteiger partial charge in [-0.15, -0.1) is 0 Å². The van der Waals surface area contributed by atoms with Crippen LogP contribution in [0.15, 0.2) is 53.5 Å². The molecule has 2 aromatic rings. The summed E-state index contributed by atoms with van der Waals surface area (Å²) in [4.78, 5) is 32.9. The zero-order valence-corrected chi connectivity index (χ0v) is 18.1. The van der Waals surface area contributed by atoms with Gasteiger partial charge < -0.3 is 10.2 Å². The number of aliphatic imine (C=N–C) groups is 1. The molecule has 6 heteroatoms. The van der Waals surface area contributed by atoms with Crippen LogP contribution in [0.4, 0.5) is 5.69 Å². The number of hydrogen-bond acceptors (Lipinski definition) is 3. The smallest absolute Gasteiger partial charge is 0.275 e. The zero-order chi connectivity index (χ0) is 21.3. The van der Waals surface area contributed by atoms with Gasteiger partial charge in [-0.05, 0) is 56.2 Å². The van der Waals surface area contributed by atoms with Crippen LogP contribution in [-0.4, -0.2) is 34.6 Å². The first-order chi connectivity index (χ1) is 14.4. The van der Waals surface area contributed by atoms with Gasteiger partial charge in [0.05, 0.1) is 0 Å². The molecule has 2 aromatic carbocycles. The van der Waals surface area contributed by atoms with E-state index in [1.54, 1.807) is 17.0 Å². The lowest BCUT2D eigenvalue weighted by Crippen LogP contribution is -2.51. The lowest BCUT2D eigenvalue weighted by atomic mass is 9.82. The molecule has 1 heterocycles. The molecule has 1 saturated carbocycles. The first kappa shape index (κ1) is 20.6. The molecule has 0 radical (unpaired) electrons. The van der Waals surface area contributed by atoms with Crippen molar-refractivity contribution in [1.29, 1.82) is 0 Å². The number of aryl methyl sites for hydroxylation is 1. The Morgan fingerprint density at radius 1 is 1.20 bits per heavy atom. The quantitative estimate of drug-likeness (QED) is 0.765. The Balaban J connectivity index is 1.60. The molecule has 2 aliphatic rings. The molecule has 1 fully saturated rings. The Labute approximate surface area is 182 Å². The summed E-state index contributed by atoms with van der Waals surface area (Å²) in [7, 11) is 0. The van der Waals surface area contributed by atoms with Crippen LogP contribution < -0.4 is 5.32 Å². The SMILES string of the molecule is Cc1ccc(Cl)cc1NC(=O)CN1C(=O)C(c2ccccc2)=NC12CCC(C)CC2. The van der Waals surface area contributed by atoms with E-state index >= 15 is 0 Å². The van der Waals surface area contributed by atoms with E-state index in [1.807, 2.05) is 43.3 Å². The maximum atomic E-state index is 13.4. The van der Waals surface area contributed by atoms with Crippen molar-refractivity contribution in [3.63, 3.8) is 0 Å². The highest BCUT2D eigenvalue weighted by Crippen LogP contribution is 2.41. The summed E-state index contributed by atoms with van der Waals surface area (Å²) in [5.74, 6) is 0.191. The number of hydrogen-bond donors (Lipinski definition) is 1. The van der Waals surface area contributed by atoms with E-state index in [0.29, 0.717) is 22.3 Å². The molecule has 1 spiro atoms. The van der Waals surface area contributed by atoms with Crippen LogP contribution >= 0.6 is 11.6 Å². The highest BCUT2D eigenvalue weighted by atomic mass is 35.5. The minimum atomic E-state index is -0.629. The van der Waals surface area contributed by atoms with Crippen LogP contribution in [0.2, 0.25) is 5.02 Å². The lowest BCUT2D eigenvalue weighted by Gasteiger charge is -2.40. The van der Waals surface area contributed by atoms with Crippen LogP contribution in [0.3, 0.4) is 0 Å². The van der Waals surface area contributed by atoms with E-state index in [4.69, 9.17) is 16.6 Å². The number of halogens is 1. The van der Waals surface area contributed by atoms with Gasteiger partial charge in [0, 0.05) is 16.3 Å². The zero-order valence-electron chi connectivity index (χ0n) is 17.3. The van der Waals surface area contributed by atoms with E-state index < -0.39 is 5.66 Å². The van der Waals surface area contributed by atoms with Crippen LogP contribution in [0.5, 0.6) is 0 Å². The molecule has 0 aromatic heterocycles. The second-order valence-corrected chi connectivity index (χ2v) is 8.83. The van der Waals surface area contributed by atoms with Crippen molar-refractivity contribution in [3.8, 4) is 0 Å². The van der Waals surface area contributed by atoms with E-state index in [9.17, 15) is 9.59 Å². The minimum Gasteiger partial charge on any atom is -0.324 e. The molecule has 1 aliphatic heterocycles. The van der Waals surface area contributed by atoms with E-state index in [0.717, 1.165) is 36.8 Å². The summed E-state index contributed by atoms with van der Waals surface area (Å²) in [6.45, 7) is 4.11. The van der Waals surface area contributed by atoms with Gasteiger partial charge in [-0.3, -0.25) is 14.6 Å². The number of amides is 2. The number of rotatable bonds is 4. The minimum absolute atomic E-state index is 0.0288. The molecule has 2 amide bonds. The summed E-state index contributed by atoms with van der Waals surface area (Å²) in [6, 6.07) is 14.9. The third-order valence-electron chi connectivity index (χ3n) is 6.17. The van der Waals surface area contributed by atoms with Gasteiger partial charge in [0.15, 0.2) is 0 Å². The molecule has 1 N–H and O–H groups in total. The Kier molecular flexibility index (Phi) is 5.65. The lowest BCUT2D eigenvalue weighted by molar-refractivity contribution is -0.134. The van der Waals surface area contributed by atoms with Crippen molar-refractivity contribution in [3.05, 3.63) is 64.7 Å². The number of carbonyl (C=O) groups is 2. The molecule has 5 nitrogen and oxygen atoms in total. The van der Waals surface area contributed by atoms with Crippen molar-refractivity contribution in [1.82, 2.24) is 4.90 Å². The predicted octanol–water partition coefficient (Wildman–Crippen LogP) is 4.82. The molecule has 0 saturated heterocycles. The van der Waals surface area contributed by atoms with Crippen molar-refractivity contribution in [2.45, 2.75) is 45.2 Å². The van der Waals surface area contributed by atoms with Gasteiger partial charge in [0.2, 0.25) is 5.91 Å². The summed E-state index contributed by atoms with van der Waals surface area (Å²) < 4.78 is 0. The summed E-state index contributed by atoms with van der Waals surface area (Å²) >= 11 is 6.08. The van der Waals surface area contributed by atoms with Gasteiger partial charge in [-0.2, -0.15) is 0 Å². The van der Waals surface area contributed by atoms with Crippen molar-refractivity contribution >= 4 is 34.8 Å². The van der Waals surface area contributed by atoms with E-state index in [-0.39, 0.29) is 18.4 Å². The van der Waals surface area contributed by atoms with Crippen LogP contribution in [-0.2, 0) is 9.59 Å². The Morgan fingerprint density at radius 2 is 1.90 bits per heavy atom. The van der Waals surface area contributed by atoms with Crippen LogP contribution in [0.1, 0.15) is 43.7 Å². The first-order valence-electron chi connectivity index (χ1n) is 10.4. The molecular weight excluding hydrogens is 398 g/mol. The average molecular weight is 424 g/mol. The van der Waals surface area contributed by atoms with Gasteiger partial charge in [0.1, 0.15) is 17.9 Å². The summed E-state index contributed by atoms with van der Waals surface area (Å²) in [5.41, 5.74) is 2.21. The van der Waals surface area contributed by atoms with Crippen LogP contribution in [0.25, 0.3) is 0 Å². The summed E-state index contributed by atoms with van der Waals surface area (Å²) in [6.07, 6.45) is 3.54. The van der Waals surface area contributed by atoms with Crippen LogP contribution in [0, 0.1) is 12.8 Å². The standard InChI is InChI=1S/C24H26ClN3O2/c1-16-10-12-24(13-11-16)27-22(18-6-4-3-5-7-18)23(30)28(24)15-21(29)26-20-14-19(25)9-8-17(20)2/h3-9,14,16H,10-13,15H2,1-2H3,(H,26,29). The fourth-order valence-electron chi connectivity index (χ4n) is 4.30. The maximum absolute atomic E-state index is 13.4. The average Bonchev–Trinajstić information content (AvgIpc) is 3.00. The third kappa shape index (κ3) is 3.99. The number of anilines is 1. The van der Waals surface area contributed by atoms with Gasteiger partial charge >= 0.3 is 0 Å². The largest absolute Gasteiger partial charge is 0.324 e. The number of carbonyl (C=O) groups excluding carboxylic acids is 2.